The molecule has 0 amide bonds. The summed E-state index contributed by atoms with van der Waals surface area (Å²) in [5, 5.41) is 12.3. The summed E-state index contributed by atoms with van der Waals surface area (Å²) < 4.78 is 0. The van der Waals surface area contributed by atoms with Crippen LogP contribution in [0, 0.1) is 16.7 Å². The van der Waals surface area contributed by atoms with E-state index in [4.69, 9.17) is 5.26 Å². The first-order valence-electron chi connectivity index (χ1n) is 4.45. The van der Waals surface area contributed by atoms with Gasteiger partial charge in [-0.1, -0.05) is 13.3 Å². The maximum atomic E-state index is 8.98. The van der Waals surface area contributed by atoms with Crippen LogP contribution in [0.1, 0.15) is 32.6 Å². The number of nitriles is 1. The van der Waals surface area contributed by atoms with Crippen molar-refractivity contribution in [1.29, 1.82) is 5.26 Å². The van der Waals surface area contributed by atoms with Gasteiger partial charge in [0.15, 0.2) is 0 Å². The molecule has 0 aromatic heterocycles. The van der Waals surface area contributed by atoms with Crippen molar-refractivity contribution in [3.05, 3.63) is 0 Å². The monoisotopic (exact) mass is 152 g/mol. The minimum Gasteiger partial charge on any atom is -0.315 e. The van der Waals surface area contributed by atoms with E-state index in [2.05, 4.69) is 18.3 Å². The largest absolute Gasteiger partial charge is 0.315 e. The lowest BCUT2D eigenvalue weighted by atomic mass is 9.78. The molecule has 11 heavy (non-hydrogen) atoms. The van der Waals surface area contributed by atoms with Gasteiger partial charge in [-0.2, -0.15) is 5.26 Å². The van der Waals surface area contributed by atoms with E-state index in [1.165, 1.54) is 0 Å². The summed E-state index contributed by atoms with van der Waals surface area (Å²) in [6.07, 6.45) is 4.42. The van der Waals surface area contributed by atoms with Crippen LogP contribution in [0.25, 0.3) is 0 Å². The van der Waals surface area contributed by atoms with Crippen molar-refractivity contribution >= 4 is 0 Å². The molecule has 1 saturated heterocycles. The average Bonchev–Trinajstić information content (AvgIpc) is 2.07. The lowest BCUT2D eigenvalue weighted by Gasteiger charge is -2.30. The van der Waals surface area contributed by atoms with Gasteiger partial charge in [0, 0.05) is 6.54 Å². The van der Waals surface area contributed by atoms with Crippen LogP contribution >= 0.6 is 0 Å². The second-order valence-electron chi connectivity index (χ2n) is 3.42. The normalized spacial score (nSPS) is 31.3. The zero-order valence-electron chi connectivity index (χ0n) is 7.19. The third-order valence-electron chi connectivity index (χ3n) is 2.44. The first-order chi connectivity index (χ1) is 5.33. The third-order valence-corrected chi connectivity index (χ3v) is 2.44. The van der Waals surface area contributed by atoms with Crippen molar-refractivity contribution in [2.24, 2.45) is 5.41 Å². The summed E-state index contributed by atoms with van der Waals surface area (Å²) in [7, 11) is 0. The van der Waals surface area contributed by atoms with Crippen molar-refractivity contribution in [2.45, 2.75) is 32.6 Å². The Morgan fingerprint density at radius 1 is 1.64 bits per heavy atom. The fraction of sp³-hybridized carbons (Fsp3) is 0.889. The van der Waals surface area contributed by atoms with Gasteiger partial charge < -0.3 is 5.32 Å². The van der Waals surface area contributed by atoms with Crippen molar-refractivity contribution in [3.63, 3.8) is 0 Å². The minimum atomic E-state index is -0.0347. The predicted molar refractivity (Wildman–Crippen MR) is 45.1 cm³/mol. The summed E-state index contributed by atoms with van der Waals surface area (Å²) in [5.74, 6) is 0. The quantitative estimate of drug-likeness (QED) is 0.653. The summed E-state index contributed by atoms with van der Waals surface area (Å²) in [5.41, 5.74) is -0.0347. The van der Waals surface area contributed by atoms with E-state index in [0.29, 0.717) is 0 Å². The zero-order valence-corrected chi connectivity index (χ0v) is 7.19. The second-order valence-corrected chi connectivity index (χ2v) is 3.42. The molecule has 1 atom stereocenters. The average molecular weight is 152 g/mol. The van der Waals surface area contributed by atoms with Gasteiger partial charge in [0.1, 0.15) is 0 Å². The first kappa shape index (κ1) is 8.55. The van der Waals surface area contributed by atoms with Crippen molar-refractivity contribution in [3.8, 4) is 6.07 Å². The molecule has 0 spiro atoms. The molecule has 1 fully saturated rings. The molecule has 62 valence electrons. The van der Waals surface area contributed by atoms with Crippen LogP contribution in [0.5, 0.6) is 0 Å². The van der Waals surface area contributed by atoms with Gasteiger partial charge in [-0.25, -0.2) is 0 Å². The molecular formula is C9H16N2. The van der Waals surface area contributed by atoms with E-state index < -0.39 is 0 Å². The number of piperidine rings is 1. The number of hydrogen-bond acceptors (Lipinski definition) is 2. The second kappa shape index (κ2) is 3.73. The van der Waals surface area contributed by atoms with E-state index in [-0.39, 0.29) is 5.41 Å². The molecule has 1 aliphatic rings. The smallest absolute Gasteiger partial charge is 0.0703 e. The van der Waals surface area contributed by atoms with Crippen LogP contribution in [-0.2, 0) is 0 Å². The van der Waals surface area contributed by atoms with Crippen LogP contribution in [-0.4, -0.2) is 13.1 Å². The Morgan fingerprint density at radius 3 is 2.91 bits per heavy atom. The molecule has 1 aliphatic heterocycles. The van der Waals surface area contributed by atoms with Crippen LogP contribution in [0.4, 0.5) is 0 Å². The number of hydrogen-bond donors (Lipinski definition) is 1. The Labute approximate surface area is 68.6 Å². The summed E-state index contributed by atoms with van der Waals surface area (Å²) in [6, 6.07) is 2.46. The fourth-order valence-corrected chi connectivity index (χ4v) is 1.81. The summed E-state index contributed by atoms with van der Waals surface area (Å²) in [6.45, 7) is 4.14. The summed E-state index contributed by atoms with van der Waals surface area (Å²) >= 11 is 0. The number of nitrogens with zero attached hydrogens (tertiary/aromatic N) is 1. The van der Waals surface area contributed by atoms with Gasteiger partial charge in [-0.3, -0.25) is 0 Å². The van der Waals surface area contributed by atoms with Gasteiger partial charge in [-0.15, -0.1) is 0 Å². The van der Waals surface area contributed by atoms with Crippen molar-refractivity contribution in [2.75, 3.05) is 13.1 Å². The van der Waals surface area contributed by atoms with E-state index >= 15 is 0 Å². The highest BCUT2D eigenvalue weighted by Gasteiger charge is 2.30. The Morgan fingerprint density at radius 2 is 2.45 bits per heavy atom. The first-order valence-corrected chi connectivity index (χ1v) is 4.45. The SMILES string of the molecule is CCCC1(C#N)CCCNC1. The van der Waals surface area contributed by atoms with Crippen LogP contribution in [0.3, 0.4) is 0 Å². The van der Waals surface area contributed by atoms with E-state index in [1.54, 1.807) is 0 Å². The van der Waals surface area contributed by atoms with Gasteiger partial charge in [-0.05, 0) is 25.8 Å². The molecule has 1 unspecified atom stereocenters. The number of nitrogens with one attached hydrogen (secondary N) is 1. The standard InChI is InChI=1S/C9H16N2/c1-2-4-9(7-10)5-3-6-11-8-9/h11H,2-6,8H2,1H3. The highest BCUT2D eigenvalue weighted by molar-refractivity contribution is 5.01. The Balaban J connectivity index is 2.51. The minimum absolute atomic E-state index is 0.0347. The molecule has 0 radical (unpaired) electrons. The van der Waals surface area contributed by atoms with E-state index in [0.717, 1.165) is 38.8 Å². The van der Waals surface area contributed by atoms with E-state index in [1.807, 2.05) is 0 Å². The topological polar surface area (TPSA) is 35.8 Å². The molecule has 0 saturated carbocycles. The molecule has 2 nitrogen and oxygen atoms in total. The van der Waals surface area contributed by atoms with Crippen molar-refractivity contribution in [1.82, 2.24) is 5.32 Å². The Hall–Kier alpha value is -0.550. The fourth-order valence-electron chi connectivity index (χ4n) is 1.81. The van der Waals surface area contributed by atoms with Crippen LogP contribution in [0.2, 0.25) is 0 Å². The molecular weight excluding hydrogens is 136 g/mol. The summed E-state index contributed by atoms with van der Waals surface area (Å²) in [4.78, 5) is 0. The number of rotatable bonds is 2. The molecule has 1 rings (SSSR count). The third kappa shape index (κ3) is 1.94. The lowest BCUT2D eigenvalue weighted by molar-refractivity contribution is 0.266. The molecule has 0 aromatic rings. The van der Waals surface area contributed by atoms with Gasteiger partial charge in [0.25, 0.3) is 0 Å². The molecule has 0 aliphatic carbocycles. The van der Waals surface area contributed by atoms with Gasteiger partial charge in [0.05, 0.1) is 11.5 Å². The zero-order chi connectivity index (χ0) is 8.16. The Bertz CT molecular complexity index is 146. The molecule has 0 aromatic carbocycles. The molecule has 0 bridgehead atoms. The Kier molecular flexibility index (Phi) is 2.90. The maximum absolute atomic E-state index is 8.98. The van der Waals surface area contributed by atoms with Crippen LogP contribution in [0.15, 0.2) is 0 Å². The molecule has 1 heterocycles. The maximum Gasteiger partial charge on any atom is 0.0703 e. The highest BCUT2D eigenvalue weighted by Crippen LogP contribution is 2.30. The van der Waals surface area contributed by atoms with Gasteiger partial charge >= 0.3 is 0 Å². The lowest BCUT2D eigenvalue weighted by Crippen LogP contribution is -2.38. The van der Waals surface area contributed by atoms with E-state index in [9.17, 15) is 0 Å². The highest BCUT2D eigenvalue weighted by atomic mass is 14.9. The predicted octanol–water partition coefficient (Wildman–Crippen LogP) is 1.68. The van der Waals surface area contributed by atoms with Crippen LogP contribution < -0.4 is 5.32 Å². The van der Waals surface area contributed by atoms with Crippen molar-refractivity contribution < 1.29 is 0 Å². The molecule has 2 heteroatoms. The van der Waals surface area contributed by atoms with Gasteiger partial charge in [0.2, 0.25) is 0 Å². The molecule has 1 N–H and O–H groups in total.